The number of benzene rings is 1. The largest absolute Gasteiger partial charge is 0.329 e. The predicted octanol–water partition coefficient (Wildman–Crippen LogP) is 1.62. The number of hydrogen-bond acceptors (Lipinski definition) is 3. The lowest BCUT2D eigenvalue weighted by Crippen LogP contribution is -2.41. The van der Waals surface area contributed by atoms with Crippen LogP contribution in [0.15, 0.2) is 23.1 Å². The molecular weight excluding hydrogens is 274 g/mol. The van der Waals surface area contributed by atoms with Crippen molar-refractivity contribution in [3.63, 3.8) is 0 Å². The number of rotatable bonds is 6. The van der Waals surface area contributed by atoms with Crippen LogP contribution in [0.3, 0.4) is 0 Å². The van der Waals surface area contributed by atoms with Crippen molar-refractivity contribution in [1.82, 2.24) is 4.72 Å². The van der Waals surface area contributed by atoms with Gasteiger partial charge in [0, 0.05) is 12.6 Å². The van der Waals surface area contributed by atoms with E-state index in [4.69, 9.17) is 5.73 Å². The fourth-order valence-electron chi connectivity index (χ4n) is 1.78. The molecule has 1 aromatic carbocycles. The Hall–Kier alpha value is -1.05. The highest BCUT2D eigenvalue weighted by molar-refractivity contribution is 7.89. The summed E-state index contributed by atoms with van der Waals surface area (Å²) >= 11 is 0. The lowest BCUT2D eigenvalue weighted by Gasteiger charge is -2.19. The fraction of sp³-hybridized carbons (Fsp3) is 0.500. The third-order valence-corrected chi connectivity index (χ3v) is 4.12. The minimum Gasteiger partial charge on any atom is -0.329 e. The molecular formula is C12H18F2N2O2S. The molecule has 4 nitrogen and oxygen atoms in total. The van der Waals surface area contributed by atoms with E-state index >= 15 is 0 Å². The van der Waals surface area contributed by atoms with Crippen LogP contribution in [0.5, 0.6) is 0 Å². The maximum Gasteiger partial charge on any atom is 0.246 e. The minimum absolute atomic E-state index is 0.0630. The molecule has 0 aliphatic heterocycles. The summed E-state index contributed by atoms with van der Waals surface area (Å²) < 4.78 is 53.1. The van der Waals surface area contributed by atoms with Crippen LogP contribution >= 0.6 is 0 Å². The first-order valence-corrected chi connectivity index (χ1v) is 7.42. The maximum absolute atomic E-state index is 13.5. The van der Waals surface area contributed by atoms with E-state index in [1.54, 1.807) is 0 Å². The maximum atomic E-state index is 13.5. The van der Waals surface area contributed by atoms with E-state index in [-0.39, 0.29) is 12.5 Å². The van der Waals surface area contributed by atoms with Crippen LogP contribution in [0, 0.1) is 17.6 Å². The average Bonchev–Trinajstić information content (AvgIpc) is 2.26. The van der Waals surface area contributed by atoms with Gasteiger partial charge in [0.1, 0.15) is 11.6 Å². The van der Waals surface area contributed by atoms with Crippen LogP contribution in [0.2, 0.25) is 0 Å². The summed E-state index contributed by atoms with van der Waals surface area (Å²) in [6, 6.07) is 2.36. The SMILES string of the molecule is CC(C)C[C@H](CN)NS(=O)(=O)c1c(F)cccc1F. The van der Waals surface area contributed by atoms with Crippen molar-refractivity contribution < 1.29 is 17.2 Å². The molecule has 0 aromatic heterocycles. The molecule has 3 N–H and O–H groups in total. The van der Waals surface area contributed by atoms with Crippen molar-refractivity contribution in [2.45, 2.75) is 31.2 Å². The van der Waals surface area contributed by atoms with Gasteiger partial charge in [0.2, 0.25) is 10.0 Å². The highest BCUT2D eigenvalue weighted by atomic mass is 32.2. The first-order chi connectivity index (χ1) is 8.77. The van der Waals surface area contributed by atoms with Crippen LogP contribution < -0.4 is 10.5 Å². The number of hydrogen-bond donors (Lipinski definition) is 2. The lowest BCUT2D eigenvalue weighted by molar-refractivity contribution is 0.458. The summed E-state index contributed by atoms with van der Waals surface area (Å²) in [5.41, 5.74) is 5.47. The second kappa shape index (κ2) is 6.40. The van der Waals surface area contributed by atoms with Gasteiger partial charge in [-0.2, -0.15) is 0 Å². The first-order valence-electron chi connectivity index (χ1n) is 5.94. The highest BCUT2D eigenvalue weighted by Gasteiger charge is 2.26. The van der Waals surface area contributed by atoms with Gasteiger partial charge in [0.25, 0.3) is 0 Å². The molecule has 7 heteroatoms. The second-order valence-electron chi connectivity index (χ2n) is 4.73. The molecule has 19 heavy (non-hydrogen) atoms. The summed E-state index contributed by atoms with van der Waals surface area (Å²) in [5.74, 6) is -2.03. The molecule has 0 unspecified atom stereocenters. The summed E-state index contributed by atoms with van der Waals surface area (Å²) in [5, 5.41) is 0. The van der Waals surface area contributed by atoms with Crippen molar-refractivity contribution >= 4 is 10.0 Å². The van der Waals surface area contributed by atoms with Gasteiger partial charge in [-0.05, 0) is 24.5 Å². The third kappa shape index (κ3) is 4.22. The van der Waals surface area contributed by atoms with E-state index < -0.39 is 32.6 Å². The van der Waals surface area contributed by atoms with Gasteiger partial charge in [0.15, 0.2) is 4.90 Å². The molecule has 0 fully saturated rings. The molecule has 0 heterocycles. The summed E-state index contributed by atoms with van der Waals surface area (Å²) in [6.07, 6.45) is 0.492. The Labute approximate surface area is 112 Å². The van der Waals surface area contributed by atoms with Crippen molar-refractivity contribution in [3.8, 4) is 0 Å². The van der Waals surface area contributed by atoms with Crippen LogP contribution in [0.25, 0.3) is 0 Å². The minimum atomic E-state index is -4.26. The van der Waals surface area contributed by atoms with Crippen molar-refractivity contribution in [2.24, 2.45) is 11.7 Å². The molecule has 0 aliphatic carbocycles. The summed E-state index contributed by atoms with van der Waals surface area (Å²) in [7, 11) is -4.26. The Morgan fingerprint density at radius 3 is 2.21 bits per heavy atom. The molecule has 1 aromatic rings. The first kappa shape index (κ1) is 16.0. The normalized spacial score (nSPS) is 13.8. The van der Waals surface area contributed by atoms with Gasteiger partial charge in [-0.25, -0.2) is 21.9 Å². The molecule has 108 valence electrons. The van der Waals surface area contributed by atoms with Gasteiger partial charge in [-0.1, -0.05) is 19.9 Å². The number of halogens is 2. The Balaban J connectivity index is 3.04. The summed E-state index contributed by atoms with van der Waals surface area (Å²) in [6.45, 7) is 3.87. The molecule has 1 rings (SSSR count). The van der Waals surface area contributed by atoms with E-state index in [1.807, 2.05) is 13.8 Å². The van der Waals surface area contributed by atoms with E-state index in [1.165, 1.54) is 0 Å². The molecule has 0 bridgehead atoms. The van der Waals surface area contributed by atoms with Crippen LogP contribution in [0.4, 0.5) is 8.78 Å². The second-order valence-corrected chi connectivity index (χ2v) is 6.39. The zero-order chi connectivity index (χ0) is 14.6. The van der Waals surface area contributed by atoms with E-state index in [0.29, 0.717) is 6.42 Å². The van der Waals surface area contributed by atoms with Gasteiger partial charge < -0.3 is 5.73 Å². The molecule has 0 spiro atoms. The van der Waals surface area contributed by atoms with Gasteiger partial charge >= 0.3 is 0 Å². The summed E-state index contributed by atoms with van der Waals surface area (Å²) in [4.78, 5) is -0.961. The average molecular weight is 292 g/mol. The van der Waals surface area contributed by atoms with Gasteiger partial charge in [-0.15, -0.1) is 0 Å². The zero-order valence-electron chi connectivity index (χ0n) is 10.9. The lowest BCUT2D eigenvalue weighted by atomic mass is 10.1. The molecule has 0 radical (unpaired) electrons. The Bertz CT molecular complexity index is 512. The predicted molar refractivity (Wildman–Crippen MR) is 69.0 cm³/mol. The van der Waals surface area contributed by atoms with Gasteiger partial charge in [-0.3, -0.25) is 0 Å². The monoisotopic (exact) mass is 292 g/mol. The topological polar surface area (TPSA) is 72.2 Å². The molecule has 0 aliphatic rings. The smallest absolute Gasteiger partial charge is 0.246 e. The Morgan fingerprint density at radius 1 is 1.26 bits per heavy atom. The molecule has 0 saturated heterocycles. The van der Waals surface area contributed by atoms with Crippen LogP contribution in [-0.4, -0.2) is 21.0 Å². The van der Waals surface area contributed by atoms with Crippen molar-refractivity contribution in [1.29, 1.82) is 0 Å². The van der Waals surface area contributed by atoms with Crippen molar-refractivity contribution in [2.75, 3.05) is 6.54 Å². The van der Waals surface area contributed by atoms with Gasteiger partial charge in [0.05, 0.1) is 0 Å². The number of nitrogens with two attached hydrogens (primary N) is 1. The number of sulfonamides is 1. The third-order valence-electron chi connectivity index (χ3n) is 2.55. The van der Waals surface area contributed by atoms with Crippen LogP contribution in [0.1, 0.15) is 20.3 Å². The standard InChI is InChI=1S/C12H18F2N2O2S/c1-8(2)6-9(7-15)16-19(17,18)12-10(13)4-3-5-11(12)14/h3-5,8-9,16H,6-7,15H2,1-2H3/t9-/m1/s1. The Kier molecular flexibility index (Phi) is 5.39. The Morgan fingerprint density at radius 2 is 1.79 bits per heavy atom. The molecule has 0 saturated carbocycles. The van der Waals surface area contributed by atoms with E-state index in [2.05, 4.69) is 4.72 Å². The molecule has 0 amide bonds. The van der Waals surface area contributed by atoms with E-state index in [9.17, 15) is 17.2 Å². The fourth-order valence-corrected chi connectivity index (χ4v) is 3.18. The molecule has 1 atom stereocenters. The number of nitrogens with one attached hydrogen (secondary N) is 1. The highest BCUT2D eigenvalue weighted by Crippen LogP contribution is 2.19. The van der Waals surface area contributed by atoms with E-state index in [0.717, 1.165) is 18.2 Å². The van der Waals surface area contributed by atoms with Crippen molar-refractivity contribution in [3.05, 3.63) is 29.8 Å². The zero-order valence-corrected chi connectivity index (χ0v) is 11.7. The quantitative estimate of drug-likeness (QED) is 0.837. The van der Waals surface area contributed by atoms with Crippen LogP contribution in [-0.2, 0) is 10.0 Å².